The summed E-state index contributed by atoms with van der Waals surface area (Å²) in [5, 5.41) is 4.34. The predicted molar refractivity (Wildman–Crippen MR) is 215 cm³/mol. The predicted octanol–water partition coefficient (Wildman–Crippen LogP) is 9.53. The summed E-state index contributed by atoms with van der Waals surface area (Å²) in [6.07, 6.45) is 3.38. The molecule has 0 amide bonds. The molecule has 0 saturated heterocycles. The molecule has 0 aliphatic carbocycles. The van der Waals surface area contributed by atoms with Crippen molar-refractivity contribution in [1.82, 2.24) is 29.1 Å². The van der Waals surface area contributed by atoms with E-state index in [1.54, 1.807) is 24.5 Å². The SMILES string of the molecule is O=P(c1ccnc(-n2c3ccccc3c3ccccc32)n1)(c1ccnc(-n2c3ccccc3c3ccccc32)n1)N(c1ccccc1)c1ccccc1. The Balaban J connectivity index is 1.26. The zero-order chi connectivity index (χ0) is 35.4. The molecule has 0 radical (unpaired) electrons. The van der Waals surface area contributed by atoms with E-state index in [2.05, 4.69) is 48.5 Å². The number of rotatable bonds is 7. The summed E-state index contributed by atoms with van der Waals surface area (Å²) in [6.45, 7) is 0. The normalized spacial score (nSPS) is 11.8. The van der Waals surface area contributed by atoms with Gasteiger partial charge in [0.15, 0.2) is 0 Å². The molecule has 4 heterocycles. The molecule has 0 bridgehead atoms. The van der Waals surface area contributed by atoms with Gasteiger partial charge in [0.25, 0.3) is 7.29 Å². The Bertz CT molecular complexity index is 2710. The molecule has 252 valence electrons. The molecule has 10 rings (SSSR count). The summed E-state index contributed by atoms with van der Waals surface area (Å²) in [5.41, 5.74) is 5.97. The minimum Gasteiger partial charge on any atom is -0.286 e. The van der Waals surface area contributed by atoms with Crippen molar-refractivity contribution in [2.45, 2.75) is 0 Å². The van der Waals surface area contributed by atoms with Crippen LogP contribution >= 0.6 is 7.29 Å². The van der Waals surface area contributed by atoms with E-state index < -0.39 is 7.29 Å². The van der Waals surface area contributed by atoms with Gasteiger partial charge in [-0.3, -0.25) is 18.4 Å². The molecule has 0 fully saturated rings. The highest BCUT2D eigenvalue weighted by Crippen LogP contribution is 2.54. The molecule has 6 aromatic carbocycles. The highest BCUT2D eigenvalue weighted by molar-refractivity contribution is 7.80. The van der Waals surface area contributed by atoms with Gasteiger partial charge in [0.1, 0.15) is 10.9 Å². The van der Waals surface area contributed by atoms with Crippen LogP contribution in [0.1, 0.15) is 0 Å². The second kappa shape index (κ2) is 12.4. The maximum Gasteiger partial charge on any atom is 0.269 e. The Hall–Kier alpha value is -6.89. The summed E-state index contributed by atoms with van der Waals surface area (Å²) in [4.78, 5) is 20.0. The van der Waals surface area contributed by atoms with E-state index in [4.69, 9.17) is 19.9 Å². The highest BCUT2D eigenvalue weighted by Gasteiger charge is 2.40. The summed E-state index contributed by atoms with van der Waals surface area (Å²) < 4.78 is 22.7. The quantitative estimate of drug-likeness (QED) is 0.154. The van der Waals surface area contributed by atoms with Crippen LogP contribution in [0.2, 0.25) is 0 Å². The Morgan fingerprint density at radius 3 is 1.08 bits per heavy atom. The smallest absolute Gasteiger partial charge is 0.269 e. The molecule has 0 spiro atoms. The average molecular weight is 704 g/mol. The van der Waals surface area contributed by atoms with Crippen molar-refractivity contribution in [3.05, 3.63) is 182 Å². The molecule has 0 N–H and O–H groups in total. The maximum absolute atomic E-state index is 16.7. The Morgan fingerprint density at radius 2 is 0.717 bits per heavy atom. The van der Waals surface area contributed by atoms with Crippen molar-refractivity contribution in [2.75, 3.05) is 4.67 Å². The minimum absolute atomic E-state index is 0.337. The Labute approximate surface area is 304 Å². The third-order valence-corrected chi connectivity index (χ3v) is 12.5. The van der Waals surface area contributed by atoms with E-state index in [9.17, 15) is 0 Å². The lowest BCUT2D eigenvalue weighted by Gasteiger charge is -2.33. The van der Waals surface area contributed by atoms with Crippen molar-refractivity contribution in [1.29, 1.82) is 0 Å². The zero-order valence-corrected chi connectivity index (χ0v) is 29.2. The summed E-state index contributed by atoms with van der Waals surface area (Å²) in [6, 6.07) is 55.9. The molecule has 0 atom stereocenters. The molecular weight excluding hydrogens is 674 g/mol. The first-order valence-electron chi connectivity index (χ1n) is 17.4. The van der Waals surface area contributed by atoms with Gasteiger partial charge in [-0.15, -0.1) is 0 Å². The van der Waals surface area contributed by atoms with Gasteiger partial charge in [0.05, 0.1) is 22.1 Å². The van der Waals surface area contributed by atoms with Gasteiger partial charge in [-0.25, -0.2) is 19.9 Å². The van der Waals surface area contributed by atoms with E-state index in [0.717, 1.165) is 55.0 Å². The van der Waals surface area contributed by atoms with Crippen LogP contribution in [0.15, 0.2) is 182 Å². The molecule has 0 saturated carbocycles. The standard InChI is InChI=1S/C44H30N7OP/c52-53(51(31-15-3-1-4-16-31)32-17-5-2-6-18-32,41-27-29-45-43(47-41)49-37-23-11-7-19-33(37)34-20-8-12-24-38(34)49)42-28-30-46-44(48-42)50-39-25-13-9-21-35(39)36-22-10-14-26-40(36)50/h1-30H. The van der Waals surface area contributed by atoms with E-state index in [0.29, 0.717) is 22.8 Å². The molecule has 0 unspecified atom stereocenters. The number of aromatic nitrogens is 6. The lowest BCUT2D eigenvalue weighted by atomic mass is 10.2. The first kappa shape index (κ1) is 30.9. The molecule has 53 heavy (non-hydrogen) atoms. The first-order chi connectivity index (χ1) is 26.2. The molecule has 4 aromatic heterocycles. The van der Waals surface area contributed by atoms with Crippen molar-refractivity contribution in [3.63, 3.8) is 0 Å². The Morgan fingerprint density at radius 1 is 0.396 bits per heavy atom. The second-order valence-electron chi connectivity index (χ2n) is 12.7. The average Bonchev–Trinajstić information content (AvgIpc) is 3.75. The lowest BCUT2D eigenvalue weighted by molar-refractivity contribution is 0.585. The number of fused-ring (bicyclic) bond motifs is 6. The fraction of sp³-hybridized carbons (Fsp3) is 0. The summed E-state index contributed by atoms with van der Waals surface area (Å²) >= 11 is 0. The second-order valence-corrected chi connectivity index (χ2v) is 15.2. The van der Waals surface area contributed by atoms with Crippen LogP contribution in [0.5, 0.6) is 0 Å². The molecule has 0 aliphatic rings. The molecule has 8 nitrogen and oxygen atoms in total. The summed E-state index contributed by atoms with van der Waals surface area (Å²) in [7, 11) is -3.97. The van der Waals surface area contributed by atoms with Crippen molar-refractivity contribution < 1.29 is 4.57 Å². The van der Waals surface area contributed by atoms with Crippen LogP contribution in [0.25, 0.3) is 55.5 Å². The third kappa shape index (κ3) is 4.88. The third-order valence-electron chi connectivity index (χ3n) is 9.72. The lowest BCUT2D eigenvalue weighted by Crippen LogP contribution is -2.33. The van der Waals surface area contributed by atoms with Crippen molar-refractivity contribution >= 4 is 73.1 Å². The number of hydrogen-bond acceptors (Lipinski definition) is 5. The van der Waals surface area contributed by atoms with E-state index >= 15 is 4.57 Å². The number of hydrogen-bond donors (Lipinski definition) is 0. The van der Waals surface area contributed by atoms with Crippen LogP contribution in [-0.4, -0.2) is 29.1 Å². The van der Waals surface area contributed by atoms with Crippen LogP contribution < -0.4 is 15.5 Å². The van der Waals surface area contributed by atoms with E-state index in [1.807, 2.05) is 123 Å². The van der Waals surface area contributed by atoms with Gasteiger partial charge in [-0.2, -0.15) is 0 Å². The number of para-hydroxylation sites is 6. The highest BCUT2D eigenvalue weighted by atomic mass is 31.2. The fourth-order valence-corrected chi connectivity index (χ4v) is 9.99. The first-order valence-corrected chi connectivity index (χ1v) is 19.0. The fourth-order valence-electron chi connectivity index (χ4n) is 7.44. The summed E-state index contributed by atoms with van der Waals surface area (Å²) in [5.74, 6) is 0.829. The van der Waals surface area contributed by atoms with Crippen molar-refractivity contribution in [3.8, 4) is 11.9 Å². The molecule has 9 heteroatoms. The van der Waals surface area contributed by atoms with E-state index in [1.165, 1.54) is 0 Å². The van der Waals surface area contributed by atoms with Crippen LogP contribution in [0, 0.1) is 0 Å². The zero-order valence-electron chi connectivity index (χ0n) is 28.3. The van der Waals surface area contributed by atoms with Crippen LogP contribution in [0.4, 0.5) is 11.4 Å². The monoisotopic (exact) mass is 703 g/mol. The van der Waals surface area contributed by atoms with Gasteiger partial charge in [-0.05, 0) is 60.7 Å². The maximum atomic E-state index is 16.7. The largest absolute Gasteiger partial charge is 0.286 e. The van der Waals surface area contributed by atoms with Gasteiger partial charge in [-0.1, -0.05) is 109 Å². The van der Waals surface area contributed by atoms with Gasteiger partial charge >= 0.3 is 0 Å². The molecule has 0 aliphatic heterocycles. The minimum atomic E-state index is -3.97. The van der Waals surface area contributed by atoms with Gasteiger partial charge in [0.2, 0.25) is 11.9 Å². The number of benzene rings is 6. The van der Waals surface area contributed by atoms with Crippen LogP contribution in [0.3, 0.4) is 0 Å². The topological polar surface area (TPSA) is 81.7 Å². The van der Waals surface area contributed by atoms with Crippen molar-refractivity contribution in [2.24, 2.45) is 0 Å². The van der Waals surface area contributed by atoms with Gasteiger partial charge in [0, 0.05) is 45.3 Å². The van der Waals surface area contributed by atoms with Gasteiger partial charge < -0.3 is 0 Å². The number of nitrogens with zero attached hydrogens (tertiary/aromatic N) is 7. The number of anilines is 2. The Kier molecular flexibility index (Phi) is 7.23. The van der Waals surface area contributed by atoms with Crippen LogP contribution in [-0.2, 0) is 4.57 Å². The van der Waals surface area contributed by atoms with E-state index in [-0.39, 0.29) is 0 Å². The molecular formula is C44H30N7OP. The molecule has 10 aromatic rings.